The maximum Gasteiger partial charge on any atom is 0.243 e. The van der Waals surface area contributed by atoms with E-state index in [1.807, 2.05) is 27.0 Å². The van der Waals surface area contributed by atoms with Crippen LogP contribution in [-0.4, -0.2) is 50.8 Å². The summed E-state index contributed by atoms with van der Waals surface area (Å²) in [7, 11) is -1.46. The molecule has 1 aliphatic rings. The third-order valence-electron chi connectivity index (χ3n) is 4.14. The first-order valence-electron chi connectivity index (χ1n) is 6.80. The van der Waals surface area contributed by atoms with Gasteiger partial charge in [0.15, 0.2) is 0 Å². The van der Waals surface area contributed by atoms with Crippen LogP contribution in [0.15, 0.2) is 11.0 Å². The molecule has 0 radical (unpaired) electrons. The van der Waals surface area contributed by atoms with Crippen LogP contribution >= 0.6 is 0 Å². The van der Waals surface area contributed by atoms with Gasteiger partial charge in [0.1, 0.15) is 0 Å². The van der Waals surface area contributed by atoms with Gasteiger partial charge >= 0.3 is 0 Å². The molecular formula is C14H23N3O2S. The minimum absolute atomic E-state index is 0.388. The lowest BCUT2D eigenvalue weighted by Gasteiger charge is -2.32. The van der Waals surface area contributed by atoms with Gasteiger partial charge in [0.2, 0.25) is 10.0 Å². The molecule has 0 saturated carbocycles. The summed E-state index contributed by atoms with van der Waals surface area (Å²) in [4.78, 5) is 2.52. The Kier molecular flexibility index (Phi) is 4.09. The highest BCUT2D eigenvalue weighted by molar-refractivity contribution is 7.89. The van der Waals surface area contributed by atoms with Gasteiger partial charge in [-0.3, -0.25) is 0 Å². The lowest BCUT2D eigenvalue weighted by Crippen LogP contribution is -2.47. The number of nitrogens with two attached hydrogens (primary N) is 1. The number of anilines is 1. The highest BCUT2D eigenvalue weighted by Gasteiger charge is 2.31. The summed E-state index contributed by atoms with van der Waals surface area (Å²) < 4.78 is 27.4. The van der Waals surface area contributed by atoms with E-state index < -0.39 is 10.0 Å². The summed E-state index contributed by atoms with van der Waals surface area (Å²) >= 11 is 0. The van der Waals surface area contributed by atoms with Crippen LogP contribution < -0.4 is 5.73 Å². The lowest BCUT2D eigenvalue weighted by molar-refractivity contribution is 0.222. The molecule has 0 unspecified atom stereocenters. The Hall–Kier alpha value is -1.11. The van der Waals surface area contributed by atoms with E-state index in [2.05, 4.69) is 4.90 Å². The van der Waals surface area contributed by atoms with Crippen molar-refractivity contribution in [3.8, 4) is 0 Å². The fourth-order valence-electron chi connectivity index (χ4n) is 2.59. The molecule has 2 rings (SSSR count). The van der Waals surface area contributed by atoms with E-state index in [-0.39, 0.29) is 0 Å². The molecule has 2 N–H and O–H groups in total. The summed E-state index contributed by atoms with van der Waals surface area (Å²) in [6.07, 6.45) is 0. The zero-order valence-electron chi connectivity index (χ0n) is 12.6. The number of hydrogen-bond donors (Lipinski definition) is 1. The van der Waals surface area contributed by atoms with Gasteiger partial charge < -0.3 is 10.6 Å². The highest BCUT2D eigenvalue weighted by Crippen LogP contribution is 2.30. The lowest BCUT2D eigenvalue weighted by atomic mass is 10.1. The van der Waals surface area contributed by atoms with Crippen molar-refractivity contribution < 1.29 is 8.42 Å². The molecule has 1 fully saturated rings. The van der Waals surface area contributed by atoms with Crippen LogP contribution in [0.5, 0.6) is 0 Å². The predicted octanol–water partition coefficient (Wildman–Crippen LogP) is 1.13. The topological polar surface area (TPSA) is 66.6 Å². The third-order valence-corrected chi connectivity index (χ3v) is 6.31. The molecule has 1 aromatic carbocycles. The van der Waals surface area contributed by atoms with Crippen LogP contribution in [0, 0.1) is 20.8 Å². The Morgan fingerprint density at radius 2 is 1.60 bits per heavy atom. The maximum atomic E-state index is 12.9. The van der Waals surface area contributed by atoms with Crippen molar-refractivity contribution in [2.24, 2.45) is 0 Å². The molecular weight excluding hydrogens is 274 g/mol. The van der Waals surface area contributed by atoms with Crippen LogP contribution in [0.2, 0.25) is 0 Å². The van der Waals surface area contributed by atoms with Gasteiger partial charge in [0.25, 0.3) is 0 Å². The van der Waals surface area contributed by atoms with E-state index in [4.69, 9.17) is 5.73 Å². The molecule has 1 saturated heterocycles. The zero-order valence-corrected chi connectivity index (χ0v) is 13.4. The minimum Gasteiger partial charge on any atom is -0.398 e. The van der Waals surface area contributed by atoms with E-state index in [0.717, 1.165) is 24.2 Å². The van der Waals surface area contributed by atoms with E-state index in [9.17, 15) is 8.42 Å². The van der Waals surface area contributed by atoms with Gasteiger partial charge in [-0.05, 0) is 50.6 Å². The second kappa shape index (κ2) is 5.35. The van der Waals surface area contributed by atoms with Gasteiger partial charge in [0.05, 0.1) is 4.90 Å². The molecule has 0 amide bonds. The van der Waals surface area contributed by atoms with Crippen LogP contribution in [0.3, 0.4) is 0 Å². The number of hydrogen-bond acceptors (Lipinski definition) is 4. The average molecular weight is 297 g/mol. The summed E-state index contributed by atoms with van der Waals surface area (Å²) in [5, 5.41) is 0. The van der Waals surface area contributed by atoms with Crippen molar-refractivity contribution in [3.05, 3.63) is 22.8 Å². The van der Waals surface area contributed by atoms with Crippen LogP contribution in [0.25, 0.3) is 0 Å². The van der Waals surface area contributed by atoms with Gasteiger partial charge in [-0.15, -0.1) is 0 Å². The first kappa shape index (κ1) is 15.3. The first-order valence-corrected chi connectivity index (χ1v) is 8.24. The smallest absolute Gasteiger partial charge is 0.243 e. The number of rotatable bonds is 2. The first-order chi connectivity index (χ1) is 9.25. The molecule has 1 heterocycles. The van der Waals surface area contributed by atoms with Gasteiger partial charge in [-0.25, -0.2) is 8.42 Å². The SMILES string of the molecule is Cc1cc(N)c(C)c(S(=O)(=O)N2CCN(C)CC2)c1C. The zero-order chi connectivity index (χ0) is 15.1. The Morgan fingerprint density at radius 3 is 2.15 bits per heavy atom. The molecule has 6 heteroatoms. The quantitative estimate of drug-likeness (QED) is 0.831. The second-order valence-corrected chi connectivity index (χ2v) is 7.44. The molecule has 1 aliphatic heterocycles. The molecule has 0 spiro atoms. The number of sulfonamides is 1. The Labute approximate surface area is 121 Å². The van der Waals surface area contributed by atoms with Crippen molar-refractivity contribution in [1.82, 2.24) is 9.21 Å². The number of likely N-dealkylation sites (N-methyl/N-ethyl adjacent to an activating group) is 1. The normalized spacial score (nSPS) is 18.4. The number of aryl methyl sites for hydroxylation is 1. The second-order valence-electron chi connectivity index (χ2n) is 5.57. The number of nitrogens with zero attached hydrogens (tertiary/aromatic N) is 2. The van der Waals surface area contributed by atoms with Crippen molar-refractivity contribution in [2.75, 3.05) is 39.0 Å². The number of nitrogen functional groups attached to an aromatic ring is 1. The fourth-order valence-corrected chi connectivity index (χ4v) is 4.54. The van der Waals surface area contributed by atoms with E-state index >= 15 is 0 Å². The minimum atomic E-state index is -3.47. The summed E-state index contributed by atoms with van der Waals surface area (Å²) in [6, 6.07) is 1.84. The van der Waals surface area contributed by atoms with Gasteiger partial charge in [-0.1, -0.05) is 0 Å². The molecule has 20 heavy (non-hydrogen) atoms. The van der Waals surface area contributed by atoms with Crippen molar-refractivity contribution in [1.29, 1.82) is 0 Å². The molecule has 0 atom stereocenters. The number of benzene rings is 1. The largest absolute Gasteiger partial charge is 0.398 e. The summed E-state index contributed by atoms with van der Waals surface area (Å²) in [6.45, 7) is 8.12. The van der Waals surface area contributed by atoms with E-state index in [0.29, 0.717) is 29.2 Å². The predicted molar refractivity (Wildman–Crippen MR) is 81.3 cm³/mol. The van der Waals surface area contributed by atoms with Crippen molar-refractivity contribution in [3.63, 3.8) is 0 Å². The van der Waals surface area contributed by atoms with Crippen LogP contribution in [0.1, 0.15) is 16.7 Å². The van der Waals surface area contributed by atoms with Crippen LogP contribution in [-0.2, 0) is 10.0 Å². The average Bonchev–Trinajstić information content (AvgIpc) is 2.37. The van der Waals surface area contributed by atoms with Crippen molar-refractivity contribution in [2.45, 2.75) is 25.7 Å². The number of piperazine rings is 1. The third kappa shape index (κ3) is 2.55. The summed E-state index contributed by atoms with van der Waals surface area (Å²) in [5.74, 6) is 0. The Morgan fingerprint density at radius 1 is 1.05 bits per heavy atom. The Bertz CT molecular complexity index is 592. The van der Waals surface area contributed by atoms with E-state index in [1.54, 1.807) is 11.2 Å². The van der Waals surface area contributed by atoms with Gasteiger partial charge in [-0.2, -0.15) is 4.31 Å². The molecule has 1 aromatic rings. The van der Waals surface area contributed by atoms with E-state index in [1.165, 1.54) is 0 Å². The highest BCUT2D eigenvalue weighted by atomic mass is 32.2. The standard InChI is InChI=1S/C14H23N3O2S/c1-10-9-13(15)12(3)14(11(10)2)20(18,19)17-7-5-16(4)6-8-17/h9H,5-8,15H2,1-4H3. The molecule has 0 aliphatic carbocycles. The molecule has 0 aromatic heterocycles. The molecule has 0 bridgehead atoms. The van der Waals surface area contributed by atoms with Gasteiger partial charge in [0, 0.05) is 31.9 Å². The monoisotopic (exact) mass is 297 g/mol. The molecule has 5 nitrogen and oxygen atoms in total. The fraction of sp³-hybridized carbons (Fsp3) is 0.571. The Balaban J connectivity index is 2.50. The maximum absolute atomic E-state index is 12.9. The summed E-state index contributed by atoms with van der Waals surface area (Å²) in [5.41, 5.74) is 8.87. The molecule has 112 valence electrons. The van der Waals surface area contributed by atoms with Crippen molar-refractivity contribution >= 4 is 15.7 Å². The van der Waals surface area contributed by atoms with Crippen LogP contribution in [0.4, 0.5) is 5.69 Å².